The van der Waals surface area contributed by atoms with Gasteiger partial charge < -0.3 is 4.57 Å². The zero-order valence-electron chi connectivity index (χ0n) is 14.9. The number of nitriles is 1. The third-order valence-corrected chi connectivity index (χ3v) is 5.10. The zero-order chi connectivity index (χ0) is 19.1. The Morgan fingerprint density at radius 3 is 2.00 bits per heavy atom. The number of fused-ring (bicyclic) bond motifs is 3. The monoisotopic (exact) mass is 362 g/mol. The van der Waals surface area contributed by atoms with E-state index in [1.165, 1.54) is 12.1 Å². The van der Waals surface area contributed by atoms with E-state index in [2.05, 4.69) is 34.9 Å². The van der Waals surface area contributed by atoms with Gasteiger partial charge in [-0.1, -0.05) is 60.7 Å². The Kier molecular flexibility index (Phi) is 3.70. The topological polar surface area (TPSA) is 28.7 Å². The highest BCUT2D eigenvalue weighted by Gasteiger charge is 2.18. The standard InChI is InChI=1S/C25H15FN2/c26-19-9-5-7-17(15-19)20-12-6-8-18(16-27)25(20)28-23-13-3-1-10-21(23)22-11-2-4-14-24(22)28/h1-15H. The first-order valence-corrected chi connectivity index (χ1v) is 9.05. The number of benzene rings is 4. The molecule has 28 heavy (non-hydrogen) atoms. The summed E-state index contributed by atoms with van der Waals surface area (Å²) in [6.07, 6.45) is 0. The van der Waals surface area contributed by atoms with E-state index in [1.807, 2.05) is 48.5 Å². The van der Waals surface area contributed by atoms with E-state index >= 15 is 0 Å². The molecule has 0 aliphatic carbocycles. The number of nitrogens with zero attached hydrogens (tertiary/aromatic N) is 2. The van der Waals surface area contributed by atoms with Crippen molar-refractivity contribution in [2.45, 2.75) is 0 Å². The molecule has 5 rings (SSSR count). The Morgan fingerprint density at radius 1 is 0.714 bits per heavy atom. The van der Waals surface area contributed by atoms with Crippen LogP contribution in [0.5, 0.6) is 0 Å². The van der Waals surface area contributed by atoms with Gasteiger partial charge >= 0.3 is 0 Å². The Balaban J connectivity index is 1.97. The summed E-state index contributed by atoms with van der Waals surface area (Å²) in [5.41, 5.74) is 4.92. The summed E-state index contributed by atoms with van der Waals surface area (Å²) in [5.74, 6) is -0.298. The Labute approximate surface area is 161 Å². The quantitative estimate of drug-likeness (QED) is 0.354. The predicted molar refractivity (Wildman–Crippen MR) is 111 cm³/mol. The summed E-state index contributed by atoms with van der Waals surface area (Å²) in [4.78, 5) is 0. The molecule has 1 heterocycles. The van der Waals surface area contributed by atoms with Crippen LogP contribution in [0.3, 0.4) is 0 Å². The first-order valence-electron chi connectivity index (χ1n) is 9.05. The van der Waals surface area contributed by atoms with Crippen molar-refractivity contribution in [3.63, 3.8) is 0 Å². The summed E-state index contributed by atoms with van der Waals surface area (Å²) in [6.45, 7) is 0. The van der Waals surface area contributed by atoms with Crippen molar-refractivity contribution < 1.29 is 4.39 Å². The molecule has 0 atom stereocenters. The molecule has 0 saturated heterocycles. The average Bonchev–Trinajstić information content (AvgIpc) is 3.07. The normalized spacial score (nSPS) is 11.0. The van der Waals surface area contributed by atoms with Gasteiger partial charge in [-0.05, 0) is 35.9 Å². The van der Waals surface area contributed by atoms with Gasteiger partial charge in [-0.15, -0.1) is 0 Å². The molecule has 2 nitrogen and oxygen atoms in total. The van der Waals surface area contributed by atoms with Crippen molar-refractivity contribution in [2.24, 2.45) is 0 Å². The molecule has 0 unspecified atom stereocenters. The van der Waals surface area contributed by atoms with Crippen LogP contribution in [-0.4, -0.2) is 4.57 Å². The highest BCUT2D eigenvalue weighted by Crippen LogP contribution is 2.37. The zero-order valence-corrected chi connectivity index (χ0v) is 14.9. The maximum Gasteiger partial charge on any atom is 0.123 e. The molecule has 0 aliphatic heterocycles. The second kappa shape index (κ2) is 6.37. The minimum Gasteiger partial charge on any atom is -0.307 e. The highest BCUT2D eigenvalue weighted by atomic mass is 19.1. The maximum atomic E-state index is 13.9. The van der Waals surface area contributed by atoms with Gasteiger partial charge in [0.15, 0.2) is 0 Å². The van der Waals surface area contributed by atoms with Crippen molar-refractivity contribution in [1.82, 2.24) is 4.57 Å². The number of rotatable bonds is 2. The van der Waals surface area contributed by atoms with Gasteiger partial charge in [0.1, 0.15) is 11.9 Å². The van der Waals surface area contributed by atoms with Crippen LogP contribution < -0.4 is 0 Å². The fourth-order valence-corrected chi connectivity index (χ4v) is 3.93. The van der Waals surface area contributed by atoms with Crippen LogP contribution in [0.4, 0.5) is 4.39 Å². The van der Waals surface area contributed by atoms with Crippen LogP contribution >= 0.6 is 0 Å². The summed E-state index contributed by atoms with van der Waals surface area (Å²) in [6, 6.07) is 30.7. The van der Waals surface area contributed by atoms with Crippen molar-refractivity contribution in [3.8, 4) is 22.9 Å². The van der Waals surface area contributed by atoms with E-state index < -0.39 is 0 Å². The minimum absolute atomic E-state index is 0.298. The van der Waals surface area contributed by atoms with E-state index in [1.54, 1.807) is 6.07 Å². The summed E-state index contributed by atoms with van der Waals surface area (Å²) >= 11 is 0. The summed E-state index contributed by atoms with van der Waals surface area (Å²) in [7, 11) is 0. The Bertz CT molecular complexity index is 1340. The average molecular weight is 362 g/mol. The second-order valence-corrected chi connectivity index (χ2v) is 6.69. The van der Waals surface area contributed by atoms with Crippen LogP contribution in [0.1, 0.15) is 5.56 Å². The molecule has 5 aromatic rings. The third kappa shape index (κ3) is 2.39. The van der Waals surface area contributed by atoms with Gasteiger partial charge in [-0.3, -0.25) is 0 Å². The first kappa shape index (κ1) is 16.3. The lowest BCUT2D eigenvalue weighted by atomic mass is 9.99. The van der Waals surface area contributed by atoms with Gasteiger partial charge in [-0.2, -0.15) is 5.26 Å². The number of para-hydroxylation sites is 3. The molecule has 0 N–H and O–H groups in total. The van der Waals surface area contributed by atoms with E-state index in [9.17, 15) is 9.65 Å². The van der Waals surface area contributed by atoms with Crippen LogP contribution in [0.15, 0.2) is 91.0 Å². The fraction of sp³-hybridized carbons (Fsp3) is 0. The minimum atomic E-state index is -0.298. The molecule has 0 amide bonds. The molecule has 0 saturated carbocycles. The van der Waals surface area contributed by atoms with Crippen LogP contribution in [0.25, 0.3) is 38.6 Å². The molecule has 1 aromatic heterocycles. The molecule has 4 aromatic carbocycles. The number of hydrogen-bond acceptors (Lipinski definition) is 1. The van der Waals surface area contributed by atoms with Crippen molar-refractivity contribution in [2.75, 3.05) is 0 Å². The van der Waals surface area contributed by atoms with Crippen molar-refractivity contribution >= 4 is 21.8 Å². The van der Waals surface area contributed by atoms with Gasteiger partial charge in [0.05, 0.1) is 22.3 Å². The van der Waals surface area contributed by atoms with E-state index in [4.69, 9.17) is 0 Å². The SMILES string of the molecule is N#Cc1cccc(-c2cccc(F)c2)c1-n1c2ccccc2c2ccccc21. The van der Waals surface area contributed by atoms with E-state index in [-0.39, 0.29) is 5.82 Å². The van der Waals surface area contributed by atoms with Gasteiger partial charge in [-0.25, -0.2) is 4.39 Å². The van der Waals surface area contributed by atoms with Crippen LogP contribution in [0.2, 0.25) is 0 Å². The van der Waals surface area contributed by atoms with E-state index in [0.29, 0.717) is 5.56 Å². The number of aromatic nitrogens is 1. The van der Waals surface area contributed by atoms with Crippen LogP contribution in [0, 0.1) is 17.1 Å². The molecule has 0 radical (unpaired) electrons. The van der Waals surface area contributed by atoms with Gasteiger partial charge in [0.2, 0.25) is 0 Å². The van der Waals surface area contributed by atoms with Gasteiger partial charge in [0.25, 0.3) is 0 Å². The van der Waals surface area contributed by atoms with Crippen molar-refractivity contribution in [1.29, 1.82) is 5.26 Å². The maximum absolute atomic E-state index is 13.9. The Hall–Kier alpha value is -3.90. The molecule has 132 valence electrons. The smallest absolute Gasteiger partial charge is 0.123 e. The lowest BCUT2D eigenvalue weighted by molar-refractivity contribution is 0.628. The molecular weight excluding hydrogens is 347 g/mol. The third-order valence-electron chi connectivity index (χ3n) is 5.10. The molecule has 0 fully saturated rings. The molecule has 0 spiro atoms. The fourth-order valence-electron chi connectivity index (χ4n) is 3.93. The van der Waals surface area contributed by atoms with Gasteiger partial charge in [0, 0.05) is 16.3 Å². The second-order valence-electron chi connectivity index (χ2n) is 6.69. The summed E-state index contributed by atoms with van der Waals surface area (Å²) in [5, 5.41) is 12.1. The number of halogens is 1. The van der Waals surface area contributed by atoms with Crippen molar-refractivity contribution in [3.05, 3.63) is 102 Å². The highest BCUT2D eigenvalue weighted by molar-refractivity contribution is 6.10. The molecule has 0 aliphatic rings. The molecular formula is C25H15FN2. The molecule has 3 heteroatoms. The lowest BCUT2D eigenvalue weighted by Crippen LogP contribution is -2.00. The first-order chi connectivity index (χ1) is 13.8. The van der Waals surface area contributed by atoms with E-state index in [0.717, 1.165) is 38.6 Å². The summed E-state index contributed by atoms with van der Waals surface area (Å²) < 4.78 is 16.1. The predicted octanol–water partition coefficient (Wildman–Crippen LogP) is 6.46. The largest absolute Gasteiger partial charge is 0.307 e. The molecule has 0 bridgehead atoms. The Morgan fingerprint density at radius 2 is 1.36 bits per heavy atom. The number of hydrogen-bond donors (Lipinski definition) is 0. The van der Waals surface area contributed by atoms with Crippen LogP contribution in [-0.2, 0) is 0 Å². The lowest BCUT2D eigenvalue weighted by Gasteiger charge is -2.15.